The molecule has 4 nitrogen and oxygen atoms in total. The lowest BCUT2D eigenvalue weighted by Gasteiger charge is -2.19. The fourth-order valence-corrected chi connectivity index (χ4v) is 2.73. The molecule has 0 spiro atoms. The van der Waals surface area contributed by atoms with Gasteiger partial charge >= 0.3 is 0 Å². The van der Waals surface area contributed by atoms with Gasteiger partial charge in [0.2, 0.25) is 0 Å². The maximum absolute atomic E-state index is 12.4. The summed E-state index contributed by atoms with van der Waals surface area (Å²) < 4.78 is 0. The maximum Gasteiger partial charge on any atom is 0.256 e. The summed E-state index contributed by atoms with van der Waals surface area (Å²) in [5, 5.41) is 15.1. The molecule has 0 radical (unpaired) electrons. The van der Waals surface area contributed by atoms with Crippen LogP contribution in [0.3, 0.4) is 0 Å². The van der Waals surface area contributed by atoms with Crippen molar-refractivity contribution in [2.24, 2.45) is 0 Å². The van der Waals surface area contributed by atoms with E-state index < -0.39 is 0 Å². The van der Waals surface area contributed by atoms with Crippen molar-refractivity contribution >= 4 is 5.91 Å². The fraction of sp³-hybridized carbons (Fsp3) is 0.333. The highest BCUT2D eigenvalue weighted by molar-refractivity contribution is 5.95. The van der Waals surface area contributed by atoms with E-state index in [0.717, 1.165) is 16.8 Å². The van der Waals surface area contributed by atoms with Gasteiger partial charge in [0.1, 0.15) is 11.9 Å². The highest BCUT2D eigenvalue weighted by Crippen LogP contribution is 2.30. The van der Waals surface area contributed by atoms with Gasteiger partial charge < -0.3 is 10.6 Å². The lowest BCUT2D eigenvalue weighted by molar-refractivity contribution is 0.0964. The van der Waals surface area contributed by atoms with Crippen molar-refractivity contribution in [2.45, 2.75) is 46.5 Å². The van der Waals surface area contributed by atoms with Crippen molar-refractivity contribution in [2.75, 3.05) is 0 Å². The summed E-state index contributed by atoms with van der Waals surface area (Å²) in [6, 6.07) is 9.77. The zero-order valence-electron chi connectivity index (χ0n) is 15.6. The number of hydrogen-bond donors (Lipinski definition) is 2. The minimum Gasteiger partial charge on any atom is -0.344 e. The first-order chi connectivity index (χ1) is 11.6. The SMILES string of the molecule is C=C(NC(=O)c1ccc(C(C)(C)C)cc1)NC1=C(C#N)C(C)=C(C)C1. The molecule has 0 saturated carbocycles. The molecule has 0 unspecified atom stereocenters. The topological polar surface area (TPSA) is 64.9 Å². The molecule has 4 heteroatoms. The molecule has 0 aromatic heterocycles. The second kappa shape index (κ2) is 6.98. The predicted molar refractivity (Wildman–Crippen MR) is 101 cm³/mol. The van der Waals surface area contributed by atoms with Crippen molar-refractivity contribution in [3.63, 3.8) is 0 Å². The molecular weight excluding hydrogens is 310 g/mol. The lowest BCUT2D eigenvalue weighted by atomic mass is 9.87. The summed E-state index contributed by atoms with van der Waals surface area (Å²) >= 11 is 0. The minimum absolute atomic E-state index is 0.0471. The fourth-order valence-electron chi connectivity index (χ4n) is 2.73. The summed E-state index contributed by atoms with van der Waals surface area (Å²) in [4.78, 5) is 12.4. The van der Waals surface area contributed by atoms with Gasteiger partial charge in [0.05, 0.1) is 5.57 Å². The summed E-state index contributed by atoms with van der Waals surface area (Å²) in [7, 11) is 0. The molecule has 0 atom stereocenters. The molecule has 1 aromatic carbocycles. The van der Waals surface area contributed by atoms with E-state index in [-0.39, 0.29) is 11.3 Å². The van der Waals surface area contributed by atoms with E-state index in [1.165, 1.54) is 5.56 Å². The predicted octanol–water partition coefficient (Wildman–Crippen LogP) is 4.29. The first kappa shape index (κ1) is 18.5. The van der Waals surface area contributed by atoms with Crippen LogP contribution in [0.4, 0.5) is 0 Å². The molecule has 0 fully saturated rings. The largest absolute Gasteiger partial charge is 0.344 e. The van der Waals surface area contributed by atoms with Crippen LogP contribution in [-0.2, 0) is 5.41 Å². The number of benzene rings is 1. The van der Waals surface area contributed by atoms with E-state index in [9.17, 15) is 10.1 Å². The average Bonchev–Trinajstić information content (AvgIpc) is 2.80. The first-order valence-corrected chi connectivity index (χ1v) is 8.31. The van der Waals surface area contributed by atoms with Crippen LogP contribution in [0.15, 0.2) is 59.1 Å². The summed E-state index contributed by atoms with van der Waals surface area (Å²) in [6.07, 6.45) is 0.671. The minimum atomic E-state index is -0.225. The molecule has 2 rings (SSSR count). The number of rotatable bonds is 4. The van der Waals surface area contributed by atoms with Gasteiger partial charge in [-0.1, -0.05) is 45.1 Å². The molecule has 1 aliphatic rings. The standard InChI is InChI=1S/C21H25N3O/c1-13-11-19(18(12-22)14(13)2)23-15(3)24-20(25)16-7-9-17(10-8-16)21(4,5)6/h7-10,23H,3,11H2,1-2,4-6H3,(H,24,25). The third kappa shape index (κ3) is 4.19. The Labute approximate surface area is 149 Å². The van der Waals surface area contributed by atoms with Crippen LogP contribution in [0, 0.1) is 11.3 Å². The molecule has 1 amide bonds. The molecular formula is C21H25N3O. The molecule has 2 N–H and O–H groups in total. The summed E-state index contributed by atoms with van der Waals surface area (Å²) in [5.41, 5.74) is 5.34. The van der Waals surface area contributed by atoms with E-state index in [1.54, 1.807) is 0 Å². The van der Waals surface area contributed by atoms with E-state index in [0.29, 0.717) is 23.4 Å². The third-order valence-electron chi connectivity index (χ3n) is 4.45. The van der Waals surface area contributed by atoms with Crippen molar-refractivity contribution in [1.82, 2.24) is 10.6 Å². The average molecular weight is 335 g/mol. The van der Waals surface area contributed by atoms with Gasteiger partial charge in [-0.3, -0.25) is 4.79 Å². The quantitative estimate of drug-likeness (QED) is 0.862. The van der Waals surface area contributed by atoms with Gasteiger partial charge in [-0.25, -0.2) is 0 Å². The van der Waals surface area contributed by atoms with E-state index in [1.807, 2.05) is 38.1 Å². The molecule has 1 aliphatic carbocycles. The molecule has 1 aromatic rings. The Hall–Kier alpha value is -2.80. The molecule has 25 heavy (non-hydrogen) atoms. The number of carbonyl (C=O) groups excluding carboxylic acids is 1. The van der Waals surface area contributed by atoms with Gasteiger partial charge in [-0.05, 0) is 42.5 Å². The zero-order valence-corrected chi connectivity index (χ0v) is 15.6. The van der Waals surface area contributed by atoms with Crippen molar-refractivity contribution in [1.29, 1.82) is 5.26 Å². The highest BCUT2D eigenvalue weighted by Gasteiger charge is 2.20. The first-order valence-electron chi connectivity index (χ1n) is 8.31. The Kier molecular flexibility index (Phi) is 5.18. The smallest absolute Gasteiger partial charge is 0.256 e. The Bertz CT molecular complexity index is 812. The van der Waals surface area contributed by atoms with Gasteiger partial charge in [0.25, 0.3) is 5.91 Å². The number of nitrogens with zero attached hydrogens (tertiary/aromatic N) is 1. The van der Waals surface area contributed by atoms with Crippen LogP contribution >= 0.6 is 0 Å². The second-order valence-corrected chi connectivity index (χ2v) is 7.43. The molecule has 0 saturated heterocycles. The van der Waals surface area contributed by atoms with Gasteiger partial charge in [-0.2, -0.15) is 5.26 Å². The normalized spacial score (nSPS) is 14.4. The highest BCUT2D eigenvalue weighted by atomic mass is 16.1. The van der Waals surface area contributed by atoms with Crippen LogP contribution < -0.4 is 10.6 Å². The number of allylic oxidation sites excluding steroid dienone is 3. The Balaban J connectivity index is 2.03. The number of nitrogens with one attached hydrogen (secondary N) is 2. The molecule has 0 heterocycles. The maximum atomic E-state index is 12.4. The monoisotopic (exact) mass is 335 g/mol. The van der Waals surface area contributed by atoms with Crippen molar-refractivity contribution in [3.8, 4) is 6.07 Å². The summed E-state index contributed by atoms with van der Waals surface area (Å²) in [5.74, 6) is 0.145. The van der Waals surface area contributed by atoms with Gasteiger partial charge in [-0.15, -0.1) is 0 Å². The number of carbonyl (C=O) groups is 1. The lowest BCUT2D eigenvalue weighted by Crippen LogP contribution is -2.30. The van der Waals surface area contributed by atoms with E-state index in [4.69, 9.17) is 0 Å². The number of hydrogen-bond acceptors (Lipinski definition) is 3. The van der Waals surface area contributed by atoms with Crippen molar-refractivity contribution in [3.05, 3.63) is 70.2 Å². The van der Waals surface area contributed by atoms with Crippen LogP contribution in [-0.4, -0.2) is 5.91 Å². The van der Waals surface area contributed by atoms with Crippen molar-refractivity contribution < 1.29 is 4.79 Å². The van der Waals surface area contributed by atoms with E-state index in [2.05, 4.69) is 44.1 Å². The molecule has 0 bridgehead atoms. The van der Waals surface area contributed by atoms with Crippen LogP contribution in [0.1, 0.15) is 57.0 Å². The third-order valence-corrected chi connectivity index (χ3v) is 4.45. The Morgan fingerprint density at radius 1 is 1.20 bits per heavy atom. The Morgan fingerprint density at radius 2 is 1.80 bits per heavy atom. The zero-order chi connectivity index (χ0) is 18.8. The number of amides is 1. The van der Waals surface area contributed by atoms with Gasteiger partial charge in [0, 0.05) is 17.7 Å². The van der Waals surface area contributed by atoms with Crippen LogP contribution in [0.2, 0.25) is 0 Å². The number of nitriles is 1. The Morgan fingerprint density at radius 3 is 2.32 bits per heavy atom. The molecule has 130 valence electrons. The second-order valence-electron chi connectivity index (χ2n) is 7.43. The van der Waals surface area contributed by atoms with E-state index >= 15 is 0 Å². The van der Waals surface area contributed by atoms with Gasteiger partial charge in [0.15, 0.2) is 0 Å². The van der Waals surface area contributed by atoms with Crippen LogP contribution in [0.25, 0.3) is 0 Å². The molecule has 0 aliphatic heterocycles. The summed E-state index contributed by atoms with van der Waals surface area (Å²) in [6.45, 7) is 14.2. The van der Waals surface area contributed by atoms with Crippen LogP contribution in [0.5, 0.6) is 0 Å².